The minimum atomic E-state index is -0.871. The second kappa shape index (κ2) is 5.54. The van der Waals surface area contributed by atoms with E-state index in [1.54, 1.807) is 6.92 Å². The molecule has 104 valence electrons. The van der Waals surface area contributed by atoms with Crippen molar-refractivity contribution in [3.05, 3.63) is 51.6 Å². The van der Waals surface area contributed by atoms with Gasteiger partial charge in [0, 0.05) is 15.7 Å². The monoisotopic (exact) mass is 341 g/mol. The second-order valence-electron chi connectivity index (χ2n) is 4.12. The number of nitrogen functional groups attached to an aromatic ring is 1. The molecule has 0 atom stereocenters. The number of carbonyl (C=O) groups is 1. The van der Waals surface area contributed by atoms with Crippen molar-refractivity contribution >= 4 is 33.3 Å². The van der Waals surface area contributed by atoms with Gasteiger partial charge in [-0.15, -0.1) is 0 Å². The van der Waals surface area contributed by atoms with Crippen LogP contribution in [0.15, 0.2) is 28.7 Å². The van der Waals surface area contributed by atoms with Gasteiger partial charge in [0.05, 0.1) is 0 Å². The van der Waals surface area contributed by atoms with Gasteiger partial charge in [-0.2, -0.15) is 0 Å². The van der Waals surface area contributed by atoms with Crippen LogP contribution >= 0.6 is 15.9 Å². The average Bonchev–Trinajstić information content (AvgIpc) is 2.32. The molecule has 0 spiro atoms. The highest BCUT2D eigenvalue weighted by Gasteiger charge is 2.15. The number of nitrogens with two attached hydrogens (primary N) is 1. The number of anilines is 2. The summed E-state index contributed by atoms with van der Waals surface area (Å²) in [6.45, 7) is 1.66. The van der Waals surface area contributed by atoms with Gasteiger partial charge in [0.15, 0.2) is 11.6 Å². The van der Waals surface area contributed by atoms with Crippen LogP contribution in [0.3, 0.4) is 0 Å². The molecule has 0 unspecified atom stereocenters. The first-order valence-electron chi connectivity index (χ1n) is 5.57. The number of aryl methyl sites for hydroxylation is 1. The lowest BCUT2D eigenvalue weighted by atomic mass is 10.2. The fourth-order valence-corrected chi connectivity index (χ4v) is 2.07. The molecular formula is C13H10BrF2N3O. The first-order valence-corrected chi connectivity index (χ1v) is 6.36. The van der Waals surface area contributed by atoms with Gasteiger partial charge in [-0.1, -0.05) is 15.9 Å². The van der Waals surface area contributed by atoms with Gasteiger partial charge in [0.25, 0.3) is 5.91 Å². The number of rotatable bonds is 2. The molecule has 1 aromatic carbocycles. The first-order chi connectivity index (χ1) is 9.36. The predicted octanol–water partition coefficient (Wildman–Crippen LogP) is 3.27. The zero-order valence-electron chi connectivity index (χ0n) is 10.4. The largest absolute Gasteiger partial charge is 0.384 e. The number of halogens is 3. The van der Waals surface area contributed by atoms with E-state index >= 15 is 0 Å². The van der Waals surface area contributed by atoms with Crippen molar-refractivity contribution in [2.75, 3.05) is 11.1 Å². The smallest absolute Gasteiger partial charge is 0.256 e. The lowest BCUT2D eigenvalue weighted by Crippen LogP contribution is -2.15. The maximum Gasteiger partial charge on any atom is 0.256 e. The number of hydrogen-bond donors (Lipinski definition) is 2. The zero-order valence-corrected chi connectivity index (χ0v) is 12.0. The van der Waals surface area contributed by atoms with Crippen LogP contribution in [-0.4, -0.2) is 10.9 Å². The van der Waals surface area contributed by atoms with E-state index in [0.717, 1.165) is 12.1 Å². The maximum absolute atomic E-state index is 13.6. The Kier molecular flexibility index (Phi) is 3.99. The van der Waals surface area contributed by atoms with E-state index in [1.807, 2.05) is 0 Å². The molecule has 1 aromatic heterocycles. The molecule has 0 fully saturated rings. The van der Waals surface area contributed by atoms with Crippen molar-refractivity contribution in [2.24, 2.45) is 0 Å². The quantitative estimate of drug-likeness (QED) is 0.880. The highest BCUT2D eigenvalue weighted by molar-refractivity contribution is 9.10. The second-order valence-corrected chi connectivity index (χ2v) is 5.04. The topological polar surface area (TPSA) is 68.0 Å². The van der Waals surface area contributed by atoms with Crippen LogP contribution in [0.2, 0.25) is 0 Å². The van der Waals surface area contributed by atoms with Gasteiger partial charge in [-0.3, -0.25) is 4.79 Å². The minimum Gasteiger partial charge on any atom is -0.384 e. The van der Waals surface area contributed by atoms with Gasteiger partial charge in [-0.05, 0) is 31.2 Å². The Hall–Kier alpha value is -2.02. The fraction of sp³-hybridized carbons (Fsp3) is 0.0769. The van der Waals surface area contributed by atoms with Crippen molar-refractivity contribution in [2.45, 2.75) is 6.92 Å². The molecule has 4 nitrogen and oxygen atoms in total. The molecule has 0 saturated carbocycles. The fourth-order valence-electron chi connectivity index (χ4n) is 1.67. The van der Waals surface area contributed by atoms with Crippen molar-refractivity contribution in [3.8, 4) is 0 Å². The molecule has 0 aliphatic rings. The highest BCUT2D eigenvalue weighted by atomic mass is 79.9. The Labute approximate surface area is 122 Å². The van der Waals surface area contributed by atoms with E-state index in [4.69, 9.17) is 5.73 Å². The SMILES string of the molecule is Cc1cc(C(=O)Nc2c(F)cc(Br)cc2F)cc(N)n1. The molecule has 0 saturated heterocycles. The maximum atomic E-state index is 13.6. The Morgan fingerprint density at radius 2 is 1.85 bits per heavy atom. The van der Waals surface area contributed by atoms with Gasteiger partial charge < -0.3 is 11.1 Å². The van der Waals surface area contributed by atoms with Crippen LogP contribution in [0.1, 0.15) is 16.1 Å². The van der Waals surface area contributed by atoms with Crippen LogP contribution < -0.4 is 11.1 Å². The predicted molar refractivity (Wildman–Crippen MR) is 75.4 cm³/mol. The Balaban J connectivity index is 2.32. The summed E-state index contributed by atoms with van der Waals surface area (Å²) in [7, 11) is 0. The van der Waals surface area contributed by atoms with E-state index in [1.165, 1.54) is 12.1 Å². The van der Waals surface area contributed by atoms with E-state index in [-0.39, 0.29) is 15.9 Å². The van der Waals surface area contributed by atoms with Crippen molar-refractivity contribution < 1.29 is 13.6 Å². The summed E-state index contributed by atoms with van der Waals surface area (Å²) >= 11 is 2.96. The van der Waals surface area contributed by atoms with E-state index in [0.29, 0.717) is 5.69 Å². The van der Waals surface area contributed by atoms with E-state index in [9.17, 15) is 13.6 Å². The van der Waals surface area contributed by atoms with E-state index < -0.39 is 23.2 Å². The summed E-state index contributed by atoms with van der Waals surface area (Å²) in [5.41, 5.74) is 5.73. The number of hydrogen-bond acceptors (Lipinski definition) is 3. The molecule has 1 amide bonds. The third-order valence-electron chi connectivity index (χ3n) is 2.48. The van der Waals surface area contributed by atoms with Crippen LogP contribution in [0.4, 0.5) is 20.3 Å². The number of nitrogens with one attached hydrogen (secondary N) is 1. The minimum absolute atomic E-state index is 0.159. The van der Waals surface area contributed by atoms with Crippen molar-refractivity contribution in [1.29, 1.82) is 0 Å². The molecule has 2 aromatic rings. The Morgan fingerprint density at radius 1 is 1.25 bits per heavy atom. The zero-order chi connectivity index (χ0) is 14.9. The third kappa shape index (κ3) is 3.11. The van der Waals surface area contributed by atoms with Crippen LogP contribution in [0.25, 0.3) is 0 Å². The highest BCUT2D eigenvalue weighted by Crippen LogP contribution is 2.24. The van der Waals surface area contributed by atoms with Crippen LogP contribution in [0.5, 0.6) is 0 Å². The van der Waals surface area contributed by atoms with Gasteiger partial charge >= 0.3 is 0 Å². The standard InChI is InChI=1S/C13H10BrF2N3O/c1-6-2-7(3-11(17)18-6)13(20)19-12-9(15)4-8(14)5-10(12)16/h2-5H,1H3,(H2,17,18)(H,19,20). The number of aromatic nitrogens is 1. The molecule has 7 heteroatoms. The van der Waals surface area contributed by atoms with Crippen LogP contribution in [-0.2, 0) is 0 Å². The molecule has 2 rings (SSSR count). The normalized spacial score (nSPS) is 10.4. The number of pyridine rings is 1. The summed E-state index contributed by atoms with van der Waals surface area (Å²) in [5, 5.41) is 2.18. The molecule has 20 heavy (non-hydrogen) atoms. The number of benzene rings is 1. The molecular weight excluding hydrogens is 332 g/mol. The van der Waals surface area contributed by atoms with Gasteiger partial charge in [0.2, 0.25) is 0 Å². The molecule has 3 N–H and O–H groups in total. The number of amides is 1. The van der Waals surface area contributed by atoms with Crippen molar-refractivity contribution in [3.63, 3.8) is 0 Å². The molecule has 0 bridgehead atoms. The van der Waals surface area contributed by atoms with Crippen molar-refractivity contribution in [1.82, 2.24) is 4.98 Å². The number of nitrogens with zero attached hydrogens (tertiary/aromatic N) is 1. The molecule has 0 aliphatic carbocycles. The molecule has 0 aliphatic heterocycles. The summed E-state index contributed by atoms with van der Waals surface area (Å²) in [5.74, 6) is -2.25. The third-order valence-corrected chi connectivity index (χ3v) is 2.94. The Morgan fingerprint density at radius 3 is 2.40 bits per heavy atom. The summed E-state index contributed by atoms with van der Waals surface area (Å²) in [6, 6.07) is 4.92. The lowest BCUT2D eigenvalue weighted by Gasteiger charge is -2.09. The first kappa shape index (κ1) is 14.4. The number of carbonyl (C=O) groups excluding carboxylic acids is 1. The molecule has 0 radical (unpaired) electrons. The van der Waals surface area contributed by atoms with Gasteiger partial charge in [0.1, 0.15) is 11.5 Å². The Bertz CT molecular complexity index is 648. The average molecular weight is 342 g/mol. The molecule has 1 heterocycles. The summed E-state index contributed by atoms with van der Waals surface area (Å²) < 4.78 is 27.5. The van der Waals surface area contributed by atoms with E-state index in [2.05, 4.69) is 26.2 Å². The van der Waals surface area contributed by atoms with Crippen LogP contribution in [0, 0.1) is 18.6 Å². The summed E-state index contributed by atoms with van der Waals surface area (Å²) in [4.78, 5) is 15.9. The lowest BCUT2D eigenvalue weighted by molar-refractivity contribution is 0.102. The van der Waals surface area contributed by atoms with Gasteiger partial charge in [-0.25, -0.2) is 13.8 Å². The summed E-state index contributed by atoms with van der Waals surface area (Å²) in [6.07, 6.45) is 0.